The highest BCUT2D eigenvalue weighted by molar-refractivity contribution is 14.0. The fourth-order valence-corrected chi connectivity index (χ4v) is 2.77. The summed E-state index contributed by atoms with van der Waals surface area (Å²) in [6, 6.07) is 0. The van der Waals surface area contributed by atoms with Gasteiger partial charge in [0.1, 0.15) is 11.6 Å². The molecule has 0 aliphatic carbocycles. The van der Waals surface area contributed by atoms with Crippen LogP contribution in [-0.2, 0) is 24.1 Å². The molecule has 138 valence electrons. The molecule has 24 heavy (non-hydrogen) atoms. The van der Waals surface area contributed by atoms with E-state index in [-0.39, 0.29) is 24.0 Å². The van der Waals surface area contributed by atoms with Crippen LogP contribution in [0.3, 0.4) is 0 Å². The molecule has 2 N–H and O–H groups in total. The van der Waals surface area contributed by atoms with E-state index >= 15 is 0 Å². The summed E-state index contributed by atoms with van der Waals surface area (Å²) >= 11 is 0. The normalized spacial score (nSPS) is 14.5. The summed E-state index contributed by atoms with van der Waals surface area (Å²) < 4.78 is 7.36. The van der Waals surface area contributed by atoms with E-state index in [0.29, 0.717) is 6.61 Å². The van der Waals surface area contributed by atoms with Crippen LogP contribution in [0, 0.1) is 0 Å². The first kappa shape index (κ1) is 21.1. The van der Waals surface area contributed by atoms with Crippen molar-refractivity contribution >= 4 is 29.9 Å². The average Bonchev–Trinajstić information content (AvgIpc) is 2.79. The van der Waals surface area contributed by atoms with Crippen LogP contribution in [0.25, 0.3) is 0 Å². The minimum Gasteiger partial charge on any atom is -0.383 e. The van der Waals surface area contributed by atoms with Gasteiger partial charge in [-0.05, 0) is 26.2 Å². The first-order valence-electron chi connectivity index (χ1n) is 8.77. The van der Waals surface area contributed by atoms with E-state index in [1.807, 2.05) is 0 Å². The zero-order valence-corrected chi connectivity index (χ0v) is 17.2. The van der Waals surface area contributed by atoms with Gasteiger partial charge in [0.05, 0.1) is 6.61 Å². The maximum Gasteiger partial charge on any atom is 0.191 e. The number of hydrogen-bond acceptors (Lipinski definition) is 4. The Morgan fingerprint density at radius 3 is 2.92 bits per heavy atom. The lowest BCUT2D eigenvalue weighted by Crippen LogP contribution is -2.39. The molecule has 2 heterocycles. The maximum absolute atomic E-state index is 5.04. The second-order valence-corrected chi connectivity index (χ2v) is 5.78. The summed E-state index contributed by atoms with van der Waals surface area (Å²) in [4.78, 5) is 4.60. The molecule has 0 saturated carbocycles. The standard InChI is InChI=1S/C16H30N6O.HI/c1-3-17-16(19-11-13-23-2)18-10-7-9-15-21-20-14-8-5-4-6-12-22(14)15;/h3-13H2,1-2H3,(H2,17,18,19);1H. The topological polar surface area (TPSA) is 76.4 Å². The van der Waals surface area contributed by atoms with Gasteiger partial charge >= 0.3 is 0 Å². The van der Waals surface area contributed by atoms with Crippen molar-refractivity contribution in [3.05, 3.63) is 11.6 Å². The van der Waals surface area contributed by atoms with E-state index in [9.17, 15) is 0 Å². The van der Waals surface area contributed by atoms with Crippen LogP contribution in [0.4, 0.5) is 0 Å². The lowest BCUT2D eigenvalue weighted by Gasteiger charge is -2.10. The van der Waals surface area contributed by atoms with Gasteiger partial charge in [0.25, 0.3) is 0 Å². The number of aromatic nitrogens is 3. The second-order valence-electron chi connectivity index (χ2n) is 5.78. The molecule has 0 bridgehead atoms. The Morgan fingerprint density at radius 1 is 1.25 bits per heavy atom. The molecule has 1 aromatic rings. The highest BCUT2D eigenvalue weighted by atomic mass is 127. The third-order valence-electron chi connectivity index (χ3n) is 3.96. The molecule has 0 aromatic carbocycles. The number of hydrogen-bond donors (Lipinski definition) is 2. The first-order valence-corrected chi connectivity index (χ1v) is 8.77. The number of rotatable bonds is 8. The van der Waals surface area contributed by atoms with Gasteiger partial charge in [-0.25, -0.2) is 0 Å². The molecule has 2 rings (SSSR count). The Kier molecular flexibility index (Phi) is 11.0. The monoisotopic (exact) mass is 450 g/mol. The fourth-order valence-electron chi connectivity index (χ4n) is 2.77. The summed E-state index contributed by atoms with van der Waals surface area (Å²) in [5.41, 5.74) is 0. The first-order chi connectivity index (χ1) is 11.3. The van der Waals surface area contributed by atoms with Crippen LogP contribution < -0.4 is 10.6 Å². The molecule has 1 aliphatic heterocycles. The minimum atomic E-state index is 0. The van der Waals surface area contributed by atoms with E-state index < -0.39 is 0 Å². The zero-order valence-electron chi connectivity index (χ0n) is 14.9. The van der Waals surface area contributed by atoms with Gasteiger partial charge in [0.15, 0.2) is 5.96 Å². The summed E-state index contributed by atoms with van der Waals surface area (Å²) in [6.45, 7) is 6.22. The molecule has 0 fully saturated rings. The van der Waals surface area contributed by atoms with Crippen molar-refractivity contribution in [2.75, 3.05) is 33.4 Å². The lowest BCUT2D eigenvalue weighted by molar-refractivity contribution is 0.203. The third-order valence-corrected chi connectivity index (χ3v) is 3.96. The van der Waals surface area contributed by atoms with Crippen LogP contribution in [0.1, 0.15) is 44.3 Å². The van der Waals surface area contributed by atoms with E-state index in [0.717, 1.165) is 63.0 Å². The molecule has 0 unspecified atom stereocenters. The highest BCUT2D eigenvalue weighted by Crippen LogP contribution is 2.15. The molecule has 1 aliphatic rings. The predicted molar refractivity (Wildman–Crippen MR) is 107 cm³/mol. The van der Waals surface area contributed by atoms with Crippen molar-refractivity contribution in [3.8, 4) is 0 Å². The van der Waals surface area contributed by atoms with E-state index in [1.165, 1.54) is 19.3 Å². The number of fused-ring (bicyclic) bond motifs is 1. The van der Waals surface area contributed by atoms with E-state index in [4.69, 9.17) is 4.74 Å². The van der Waals surface area contributed by atoms with Gasteiger partial charge < -0.3 is 19.9 Å². The Bertz CT molecular complexity index is 491. The third kappa shape index (κ3) is 6.92. The molecule has 0 saturated heterocycles. The number of ether oxygens (including phenoxy) is 1. The maximum atomic E-state index is 5.04. The fraction of sp³-hybridized carbons (Fsp3) is 0.812. The van der Waals surface area contributed by atoms with E-state index in [2.05, 4.69) is 37.3 Å². The number of methoxy groups -OCH3 is 1. The predicted octanol–water partition coefficient (Wildman–Crippen LogP) is 1.76. The van der Waals surface area contributed by atoms with Gasteiger partial charge in [-0.2, -0.15) is 0 Å². The van der Waals surface area contributed by atoms with Crippen molar-refractivity contribution in [3.63, 3.8) is 0 Å². The summed E-state index contributed by atoms with van der Waals surface area (Å²) in [6.07, 6.45) is 6.77. The van der Waals surface area contributed by atoms with Crippen LogP contribution in [0.2, 0.25) is 0 Å². The van der Waals surface area contributed by atoms with E-state index in [1.54, 1.807) is 7.11 Å². The molecule has 0 radical (unpaired) electrons. The number of halogens is 1. The lowest BCUT2D eigenvalue weighted by atomic mass is 10.2. The molecule has 8 heteroatoms. The van der Waals surface area contributed by atoms with Crippen molar-refractivity contribution in [1.82, 2.24) is 25.4 Å². The Hall–Kier alpha value is -0.900. The number of guanidine groups is 1. The molecule has 0 amide bonds. The molecule has 1 aromatic heterocycles. The Labute approximate surface area is 162 Å². The van der Waals surface area contributed by atoms with Gasteiger partial charge in [0, 0.05) is 46.1 Å². The average molecular weight is 450 g/mol. The molecule has 0 atom stereocenters. The minimum absolute atomic E-state index is 0. The smallest absolute Gasteiger partial charge is 0.191 e. The van der Waals surface area contributed by atoms with Crippen LogP contribution in [0.5, 0.6) is 0 Å². The van der Waals surface area contributed by atoms with Crippen molar-refractivity contribution in [1.29, 1.82) is 0 Å². The molecular weight excluding hydrogens is 419 g/mol. The van der Waals surface area contributed by atoms with Crippen molar-refractivity contribution in [2.24, 2.45) is 4.99 Å². The quantitative estimate of drug-likeness (QED) is 0.273. The van der Waals surface area contributed by atoms with Crippen molar-refractivity contribution in [2.45, 2.75) is 52.0 Å². The van der Waals surface area contributed by atoms with Gasteiger partial charge in [-0.3, -0.25) is 4.99 Å². The van der Waals surface area contributed by atoms with Crippen LogP contribution in [0.15, 0.2) is 4.99 Å². The highest BCUT2D eigenvalue weighted by Gasteiger charge is 2.13. The largest absolute Gasteiger partial charge is 0.383 e. The van der Waals surface area contributed by atoms with Crippen molar-refractivity contribution < 1.29 is 4.74 Å². The molecular formula is C16H31IN6O. The SMILES string of the molecule is CCNC(=NCCCc1nnc2n1CCCCC2)NCCOC.I. The number of aryl methyl sites for hydroxylation is 2. The molecule has 0 spiro atoms. The van der Waals surface area contributed by atoms with Crippen LogP contribution >= 0.6 is 24.0 Å². The van der Waals surface area contributed by atoms with Gasteiger partial charge in [-0.15, -0.1) is 34.2 Å². The second kappa shape index (κ2) is 12.5. The number of nitrogens with zero attached hydrogens (tertiary/aromatic N) is 4. The summed E-state index contributed by atoms with van der Waals surface area (Å²) in [5.74, 6) is 3.13. The van der Waals surface area contributed by atoms with Gasteiger partial charge in [-0.1, -0.05) is 6.42 Å². The Balaban J connectivity index is 0.00000288. The Morgan fingerprint density at radius 2 is 2.12 bits per heavy atom. The summed E-state index contributed by atoms with van der Waals surface area (Å²) in [7, 11) is 1.70. The number of aliphatic imine (C=N–C) groups is 1. The zero-order chi connectivity index (χ0) is 16.3. The van der Waals surface area contributed by atoms with Crippen LogP contribution in [-0.4, -0.2) is 54.1 Å². The van der Waals surface area contributed by atoms with Gasteiger partial charge in [0.2, 0.25) is 0 Å². The summed E-state index contributed by atoms with van der Waals surface area (Å²) in [5, 5.41) is 15.2. The molecule has 7 nitrogen and oxygen atoms in total. The number of nitrogens with one attached hydrogen (secondary N) is 2.